The molecule has 1 fully saturated rings. The van der Waals surface area contributed by atoms with Gasteiger partial charge in [-0.3, -0.25) is 4.79 Å². The minimum Gasteiger partial charge on any atom is -0.378 e. The molecule has 7 heteroatoms. The summed E-state index contributed by atoms with van der Waals surface area (Å²) in [6, 6.07) is 15.6. The average molecular weight is 395 g/mol. The zero-order valence-electron chi connectivity index (χ0n) is 15.7. The van der Waals surface area contributed by atoms with E-state index >= 15 is 0 Å². The van der Waals surface area contributed by atoms with Gasteiger partial charge in [-0.25, -0.2) is 9.97 Å². The highest BCUT2D eigenvalue weighted by atomic mass is 32.2. The number of ether oxygens (including phenoxy) is 1. The molecule has 3 aromatic rings. The van der Waals surface area contributed by atoms with Gasteiger partial charge in [0.25, 0.3) is 0 Å². The van der Waals surface area contributed by atoms with Gasteiger partial charge in [0.1, 0.15) is 5.03 Å². The lowest BCUT2D eigenvalue weighted by Crippen LogP contribution is -2.37. The van der Waals surface area contributed by atoms with Gasteiger partial charge in [0.05, 0.1) is 30.0 Å². The molecule has 2 aromatic carbocycles. The highest BCUT2D eigenvalue weighted by molar-refractivity contribution is 8.00. The van der Waals surface area contributed by atoms with Crippen molar-refractivity contribution in [1.82, 2.24) is 9.97 Å². The number of hydrogen-bond acceptors (Lipinski definition) is 6. The van der Waals surface area contributed by atoms with Crippen LogP contribution in [-0.4, -0.2) is 47.9 Å². The van der Waals surface area contributed by atoms with Gasteiger partial charge in [0.15, 0.2) is 5.82 Å². The Morgan fingerprint density at radius 1 is 1.11 bits per heavy atom. The van der Waals surface area contributed by atoms with Gasteiger partial charge in [-0.05, 0) is 36.8 Å². The maximum Gasteiger partial charge on any atom is 0.234 e. The van der Waals surface area contributed by atoms with Crippen molar-refractivity contribution in [3.63, 3.8) is 0 Å². The number of hydrogen-bond donors (Lipinski definition) is 1. The Balaban J connectivity index is 1.53. The lowest BCUT2D eigenvalue weighted by atomic mass is 10.2. The molecule has 4 rings (SSSR count). The topological polar surface area (TPSA) is 67.4 Å². The van der Waals surface area contributed by atoms with E-state index in [2.05, 4.69) is 10.2 Å². The van der Waals surface area contributed by atoms with Gasteiger partial charge in [-0.2, -0.15) is 0 Å². The van der Waals surface area contributed by atoms with E-state index in [1.165, 1.54) is 11.8 Å². The number of aromatic nitrogens is 2. The maximum atomic E-state index is 12.4. The molecule has 6 nitrogen and oxygen atoms in total. The number of fused-ring (bicyclic) bond motifs is 1. The van der Waals surface area contributed by atoms with Crippen molar-refractivity contribution in [3.05, 3.63) is 54.1 Å². The van der Waals surface area contributed by atoms with E-state index in [4.69, 9.17) is 14.7 Å². The lowest BCUT2D eigenvalue weighted by molar-refractivity contribution is -0.113. The predicted molar refractivity (Wildman–Crippen MR) is 113 cm³/mol. The van der Waals surface area contributed by atoms with Crippen LogP contribution in [0, 0.1) is 6.92 Å². The maximum absolute atomic E-state index is 12.4. The fraction of sp³-hybridized carbons (Fsp3) is 0.286. The minimum atomic E-state index is -0.0570. The molecule has 0 bridgehead atoms. The van der Waals surface area contributed by atoms with Crippen molar-refractivity contribution >= 4 is 40.2 Å². The standard InChI is InChI=1S/C21H22N4O2S/c1-15-5-4-6-16(13-15)22-19(26)14-28-21-20(25-9-11-27-12-10-25)23-17-7-2-3-8-18(17)24-21/h2-8,13H,9-12,14H2,1H3,(H,22,26). The summed E-state index contributed by atoms with van der Waals surface area (Å²) in [6.45, 7) is 4.90. The van der Waals surface area contributed by atoms with Crippen molar-refractivity contribution in [2.24, 2.45) is 0 Å². The summed E-state index contributed by atoms with van der Waals surface area (Å²) in [4.78, 5) is 24.2. The van der Waals surface area contributed by atoms with Crippen LogP contribution >= 0.6 is 11.8 Å². The number of amides is 1. The first kappa shape index (κ1) is 18.7. The van der Waals surface area contributed by atoms with Gasteiger partial charge in [0.2, 0.25) is 5.91 Å². The number of morpholine rings is 1. The first-order valence-corrected chi connectivity index (χ1v) is 10.3. The fourth-order valence-electron chi connectivity index (χ4n) is 3.11. The number of aryl methyl sites for hydroxylation is 1. The third kappa shape index (κ3) is 4.43. The molecule has 28 heavy (non-hydrogen) atoms. The number of carbonyl (C=O) groups is 1. The molecular formula is C21H22N4O2S. The first-order valence-electron chi connectivity index (χ1n) is 9.28. The Bertz CT molecular complexity index is 989. The molecule has 1 saturated heterocycles. The molecule has 0 radical (unpaired) electrons. The van der Waals surface area contributed by atoms with E-state index in [9.17, 15) is 4.79 Å². The van der Waals surface area contributed by atoms with Crippen LogP contribution in [0.25, 0.3) is 11.0 Å². The van der Waals surface area contributed by atoms with Gasteiger partial charge in [-0.1, -0.05) is 36.0 Å². The normalized spacial score (nSPS) is 14.2. The molecule has 1 aliphatic heterocycles. The molecule has 2 heterocycles. The molecule has 1 amide bonds. The quantitative estimate of drug-likeness (QED) is 0.668. The van der Waals surface area contributed by atoms with Crippen LogP contribution < -0.4 is 10.2 Å². The molecule has 0 atom stereocenters. The monoisotopic (exact) mass is 394 g/mol. The summed E-state index contributed by atoms with van der Waals surface area (Å²) in [5.41, 5.74) is 3.61. The highest BCUT2D eigenvalue weighted by Crippen LogP contribution is 2.29. The van der Waals surface area contributed by atoms with E-state index in [0.29, 0.717) is 13.2 Å². The van der Waals surface area contributed by atoms with E-state index in [1.807, 2.05) is 55.5 Å². The first-order chi connectivity index (χ1) is 13.7. The molecular weight excluding hydrogens is 372 g/mol. The third-order valence-corrected chi connectivity index (χ3v) is 5.43. The predicted octanol–water partition coefficient (Wildman–Crippen LogP) is 3.51. The van der Waals surface area contributed by atoms with Crippen LogP contribution in [0.1, 0.15) is 5.56 Å². The summed E-state index contributed by atoms with van der Waals surface area (Å²) in [5.74, 6) is 1.05. The Morgan fingerprint density at radius 3 is 2.61 bits per heavy atom. The summed E-state index contributed by atoms with van der Waals surface area (Å²) in [5, 5.41) is 3.73. The SMILES string of the molecule is Cc1cccc(NC(=O)CSc2nc3ccccc3nc2N2CCOCC2)c1. The molecule has 0 unspecified atom stereocenters. The summed E-state index contributed by atoms with van der Waals surface area (Å²) in [6.07, 6.45) is 0. The van der Waals surface area contributed by atoms with Gasteiger partial charge in [-0.15, -0.1) is 0 Å². The molecule has 0 aliphatic carbocycles. The van der Waals surface area contributed by atoms with E-state index < -0.39 is 0 Å². The number of thioether (sulfide) groups is 1. The van der Waals surface area contributed by atoms with Crippen molar-refractivity contribution < 1.29 is 9.53 Å². The Morgan fingerprint density at radius 2 is 1.86 bits per heavy atom. The van der Waals surface area contributed by atoms with Crippen LogP contribution in [0.3, 0.4) is 0 Å². The van der Waals surface area contributed by atoms with Gasteiger partial charge in [0, 0.05) is 18.8 Å². The van der Waals surface area contributed by atoms with Crippen molar-refractivity contribution in [1.29, 1.82) is 0 Å². The number of nitrogens with zero attached hydrogens (tertiary/aromatic N) is 3. The zero-order valence-corrected chi connectivity index (χ0v) is 16.5. The lowest BCUT2D eigenvalue weighted by Gasteiger charge is -2.29. The second-order valence-electron chi connectivity index (χ2n) is 6.65. The zero-order chi connectivity index (χ0) is 19.3. The van der Waals surface area contributed by atoms with Gasteiger partial charge >= 0.3 is 0 Å². The molecule has 1 aromatic heterocycles. The number of nitrogens with one attached hydrogen (secondary N) is 1. The van der Waals surface area contributed by atoms with Crippen molar-refractivity contribution in [2.45, 2.75) is 11.9 Å². The van der Waals surface area contributed by atoms with Crippen LogP contribution in [0.15, 0.2) is 53.6 Å². The molecule has 0 spiro atoms. The number of anilines is 2. The van der Waals surface area contributed by atoms with Crippen LogP contribution in [0.5, 0.6) is 0 Å². The Kier molecular flexibility index (Phi) is 5.73. The molecule has 1 N–H and O–H groups in total. The van der Waals surface area contributed by atoms with Crippen LogP contribution in [-0.2, 0) is 9.53 Å². The van der Waals surface area contributed by atoms with E-state index in [0.717, 1.165) is 46.2 Å². The molecule has 144 valence electrons. The van der Waals surface area contributed by atoms with Crippen LogP contribution in [0.2, 0.25) is 0 Å². The Hall–Kier alpha value is -2.64. The van der Waals surface area contributed by atoms with Crippen LogP contribution in [0.4, 0.5) is 11.5 Å². The Labute approximate surface area is 168 Å². The van der Waals surface area contributed by atoms with E-state index in [-0.39, 0.29) is 11.7 Å². The van der Waals surface area contributed by atoms with Crippen molar-refractivity contribution in [3.8, 4) is 0 Å². The van der Waals surface area contributed by atoms with Gasteiger partial charge < -0.3 is 15.0 Å². The third-order valence-electron chi connectivity index (χ3n) is 4.47. The summed E-state index contributed by atoms with van der Waals surface area (Å²) >= 11 is 1.42. The number of rotatable bonds is 5. The number of benzene rings is 2. The second-order valence-corrected chi connectivity index (χ2v) is 7.61. The minimum absolute atomic E-state index is 0.0570. The molecule has 1 aliphatic rings. The fourth-order valence-corrected chi connectivity index (χ4v) is 3.91. The highest BCUT2D eigenvalue weighted by Gasteiger charge is 2.19. The number of para-hydroxylation sites is 2. The largest absolute Gasteiger partial charge is 0.378 e. The summed E-state index contributed by atoms with van der Waals surface area (Å²) < 4.78 is 5.46. The number of carbonyl (C=O) groups excluding carboxylic acids is 1. The van der Waals surface area contributed by atoms with Crippen molar-refractivity contribution in [2.75, 3.05) is 42.3 Å². The summed E-state index contributed by atoms with van der Waals surface area (Å²) in [7, 11) is 0. The molecule has 0 saturated carbocycles. The second kappa shape index (κ2) is 8.58. The average Bonchev–Trinajstić information content (AvgIpc) is 2.72. The smallest absolute Gasteiger partial charge is 0.234 e. The van der Waals surface area contributed by atoms with E-state index in [1.54, 1.807) is 0 Å².